The highest BCUT2D eigenvalue weighted by Gasteiger charge is 2.17. The van der Waals surface area contributed by atoms with Crippen molar-refractivity contribution in [2.75, 3.05) is 11.2 Å². The summed E-state index contributed by atoms with van der Waals surface area (Å²) in [5.41, 5.74) is 7.32. The van der Waals surface area contributed by atoms with Crippen LogP contribution in [0.25, 0.3) is 22.2 Å². The van der Waals surface area contributed by atoms with Crippen molar-refractivity contribution in [1.29, 1.82) is 5.26 Å². The molecule has 0 spiro atoms. The minimum atomic E-state index is -3.47. The van der Waals surface area contributed by atoms with Crippen LogP contribution >= 0.6 is 0 Å². The number of nitrogens with zero attached hydrogens (tertiary/aromatic N) is 3. The molecule has 0 fully saturated rings. The smallest absolute Gasteiger partial charge is 0.196 e. The third-order valence-electron chi connectivity index (χ3n) is 6.82. The zero-order chi connectivity index (χ0) is 27.4. The molecule has 5 aromatic rings. The predicted octanol–water partition coefficient (Wildman–Crippen LogP) is 6.73. The summed E-state index contributed by atoms with van der Waals surface area (Å²) in [4.78, 5) is 5.26. The number of imidazole rings is 1. The first kappa shape index (κ1) is 26.2. The Morgan fingerprint density at radius 1 is 0.949 bits per heavy atom. The Hall–Kier alpha value is -4.41. The molecular weight excluding hydrogens is 504 g/mol. The Morgan fingerprint density at radius 2 is 1.67 bits per heavy atom. The van der Waals surface area contributed by atoms with Gasteiger partial charge in [0.15, 0.2) is 9.84 Å². The van der Waals surface area contributed by atoms with Gasteiger partial charge in [0.1, 0.15) is 11.7 Å². The number of sulfone groups is 1. The van der Waals surface area contributed by atoms with Gasteiger partial charge in [-0.1, -0.05) is 67.6 Å². The largest absolute Gasteiger partial charge is 0.371 e. The van der Waals surface area contributed by atoms with Crippen molar-refractivity contribution in [3.05, 3.63) is 114 Å². The lowest BCUT2D eigenvalue weighted by Crippen LogP contribution is -2.15. The monoisotopic (exact) mass is 534 g/mol. The summed E-state index contributed by atoms with van der Waals surface area (Å²) in [5.74, 6) is 0.812. The van der Waals surface area contributed by atoms with Crippen LogP contribution in [-0.2, 0) is 22.8 Å². The molecule has 0 radical (unpaired) electrons. The number of anilines is 1. The maximum atomic E-state index is 12.8. The van der Waals surface area contributed by atoms with Crippen LogP contribution in [-0.4, -0.2) is 23.8 Å². The summed E-state index contributed by atoms with van der Waals surface area (Å²) >= 11 is 0. The number of nitriles is 1. The molecule has 7 heteroatoms. The van der Waals surface area contributed by atoms with Crippen LogP contribution in [0.5, 0.6) is 0 Å². The van der Waals surface area contributed by atoms with Gasteiger partial charge in [0, 0.05) is 18.7 Å². The molecule has 0 bridgehead atoms. The first-order chi connectivity index (χ1) is 18.9. The van der Waals surface area contributed by atoms with Crippen molar-refractivity contribution < 1.29 is 8.42 Å². The quantitative estimate of drug-likeness (QED) is 0.227. The maximum Gasteiger partial charge on any atom is 0.196 e. The standard InChI is InChI=1S/C32H30N4O2S/c1-3-9-31-35-32-23(2)18-27(34-22-39(37,38)28-11-5-4-6-12-28)19-30(32)36(31)21-24-14-16-25(17-15-24)29-13-8-7-10-26(29)20-33/h4-8,10-19,34H,3,9,21-22H2,1-2H3. The Morgan fingerprint density at radius 3 is 2.38 bits per heavy atom. The lowest BCUT2D eigenvalue weighted by Gasteiger charge is -2.13. The second kappa shape index (κ2) is 11.1. The summed E-state index contributed by atoms with van der Waals surface area (Å²) in [6.07, 6.45) is 1.81. The van der Waals surface area contributed by atoms with Crippen LogP contribution in [0.4, 0.5) is 5.69 Å². The lowest BCUT2D eigenvalue weighted by molar-refractivity contribution is 0.598. The first-order valence-corrected chi connectivity index (χ1v) is 14.6. The average Bonchev–Trinajstić information content (AvgIpc) is 3.30. The summed E-state index contributed by atoms with van der Waals surface area (Å²) in [6, 6.07) is 30.6. The van der Waals surface area contributed by atoms with Crippen molar-refractivity contribution in [3.63, 3.8) is 0 Å². The molecule has 0 aliphatic heterocycles. The van der Waals surface area contributed by atoms with E-state index in [1.54, 1.807) is 30.3 Å². The van der Waals surface area contributed by atoms with Gasteiger partial charge in [-0.15, -0.1) is 0 Å². The Balaban J connectivity index is 1.46. The van der Waals surface area contributed by atoms with E-state index in [4.69, 9.17) is 4.98 Å². The molecule has 1 N–H and O–H groups in total. The van der Waals surface area contributed by atoms with E-state index in [9.17, 15) is 13.7 Å². The predicted molar refractivity (Wildman–Crippen MR) is 156 cm³/mol. The first-order valence-electron chi connectivity index (χ1n) is 13.0. The van der Waals surface area contributed by atoms with Gasteiger partial charge < -0.3 is 9.88 Å². The van der Waals surface area contributed by atoms with Crippen molar-refractivity contribution in [2.45, 2.75) is 38.1 Å². The molecule has 0 saturated heterocycles. The van der Waals surface area contributed by atoms with E-state index in [1.807, 2.05) is 43.3 Å². The van der Waals surface area contributed by atoms with Crippen molar-refractivity contribution >= 4 is 26.6 Å². The molecule has 1 aromatic heterocycles. The zero-order valence-electron chi connectivity index (χ0n) is 22.1. The van der Waals surface area contributed by atoms with E-state index in [2.05, 4.69) is 47.1 Å². The van der Waals surface area contributed by atoms with Gasteiger partial charge in [0.2, 0.25) is 0 Å². The molecule has 0 amide bonds. The summed E-state index contributed by atoms with van der Waals surface area (Å²) in [5, 5.41) is 12.6. The van der Waals surface area contributed by atoms with Gasteiger partial charge in [-0.2, -0.15) is 5.26 Å². The van der Waals surface area contributed by atoms with Crippen molar-refractivity contribution in [3.8, 4) is 17.2 Å². The van der Waals surface area contributed by atoms with Gasteiger partial charge in [-0.05, 0) is 65.9 Å². The third kappa shape index (κ3) is 5.57. The van der Waals surface area contributed by atoms with Gasteiger partial charge in [-0.25, -0.2) is 13.4 Å². The molecule has 6 nitrogen and oxygen atoms in total. The Kier molecular flexibility index (Phi) is 7.49. The summed E-state index contributed by atoms with van der Waals surface area (Å²) < 4.78 is 27.9. The molecule has 0 atom stereocenters. The molecule has 0 aliphatic rings. The van der Waals surface area contributed by atoms with Gasteiger partial charge in [0.05, 0.1) is 27.6 Å². The normalized spacial score (nSPS) is 11.4. The number of aromatic nitrogens is 2. The van der Waals surface area contributed by atoms with Crippen LogP contribution in [0, 0.1) is 18.3 Å². The lowest BCUT2D eigenvalue weighted by atomic mass is 9.99. The number of aryl methyl sites for hydroxylation is 2. The van der Waals surface area contributed by atoms with Crippen LogP contribution in [0.2, 0.25) is 0 Å². The summed E-state index contributed by atoms with van der Waals surface area (Å²) in [6.45, 7) is 4.78. The van der Waals surface area contributed by atoms with Crippen molar-refractivity contribution in [1.82, 2.24) is 9.55 Å². The zero-order valence-corrected chi connectivity index (χ0v) is 22.9. The minimum absolute atomic E-state index is 0.191. The van der Waals surface area contributed by atoms with Gasteiger partial charge in [-0.3, -0.25) is 0 Å². The number of nitrogens with one attached hydrogen (secondary N) is 1. The molecule has 1 heterocycles. The Bertz CT molecular complexity index is 1770. The molecule has 39 heavy (non-hydrogen) atoms. The van der Waals surface area contributed by atoms with Crippen LogP contribution in [0.3, 0.4) is 0 Å². The molecule has 0 saturated carbocycles. The number of hydrogen-bond acceptors (Lipinski definition) is 5. The van der Waals surface area contributed by atoms with E-state index < -0.39 is 9.84 Å². The van der Waals surface area contributed by atoms with Crippen LogP contribution in [0.15, 0.2) is 95.9 Å². The van der Waals surface area contributed by atoms with Gasteiger partial charge in [0.25, 0.3) is 0 Å². The second-order valence-corrected chi connectivity index (χ2v) is 11.6. The van der Waals surface area contributed by atoms with E-state index in [1.165, 1.54) is 0 Å². The second-order valence-electron chi connectivity index (χ2n) is 9.63. The fourth-order valence-electron chi connectivity index (χ4n) is 4.83. The SMILES string of the molecule is CCCc1nc2c(C)cc(NCS(=O)(=O)c3ccccc3)cc2n1Cc1ccc(-c2ccccc2C#N)cc1. The van der Waals surface area contributed by atoms with E-state index in [0.29, 0.717) is 17.0 Å². The highest BCUT2D eigenvalue weighted by molar-refractivity contribution is 7.91. The average molecular weight is 535 g/mol. The number of fused-ring (bicyclic) bond motifs is 1. The molecule has 196 valence electrons. The van der Waals surface area contributed by atoms with E-state index in [-0.39, 0.29) is 5.88 Å². The third-order valence-corrected chi connectivity index (χ3v) is 8.33. The highest BCUT2D eigenvalue weighted by atomic mass is 32.2. The number of benzene rings is 4. The van der Waals surface area contributed by atoms with Crippen LogP contribution < -0.4 is 5.32 Å². The fourth-order valence-corrected chi connectivity index (χ4v) is 5.92. The highest BCUT2D eigenvalue weighted by Crippen LogP contribution is 2.28. The molecular formula is C32H30N4O2S. The molecule has 5 rings (SSSR count). The topological polar surface area (TPSA) is 87.8 Å². The van der Waals surface area contributed by atoms with Gasteiger partial charge >= 0.3 is 0 Å². The van der Waals surface area contributed by atoms with E-state index >= 15 is 0 Å². The number of hydrogen-bond donors (Lipinski definition) is 1. The fraction of sp³-hybridized carbons (Fsp3) is 0.188. The number of rotatable bonds is 9. The van der Waals surface area contributed by atoms with E-state index in [0.717, 1.165) is 57.6 Å². The summed E-state index contributed by atoms with van der Waals surface area (Å²) in [7, 11) is -3.47. The molecule has 4 aromatic carbocycles. The minimum Gasteiger partial charge on any atom is -0.371 e. The maximum absolute atomic E-state index is 12.8. The molecule has 0 aliphatic carbocycles. The van der Waals surface area contributed by atoms with Crippen molar-refractivity contribution in [2.24, 2.45) is 0 Å². The Labute approximate surface area is 229 Å². The van der Waals surface area contributed by atoms with Crippen LogP contribution in [0.1, 0.15) is 35.9 Å². The molecule has 0 unspecified atom stereocenters.